The number of hydrogen-bond acceptors (Lipinski definition) is 6. The van der Waals surface area contributed by atoms with Gasteiger partial charge in [0.15, 0.2) is 0 Å². The van der Waals surface area contributed by atoms with E-state index in [-0.39, 0.29) is 11.3 Å². The summed E-state index contributed by atoms with van der Waals surface area (Å²) in [5.41, 5.74) is -0.515. The van der Waals surface area contributed by atoms with Crippen LogP contribution in [0.4, 0.5) is 10.5 Å². The van der Waals surface area contributed by atoms with Gasteiger partial charge in [0.25, 0.3) is 5.69 Å². The molecule has 1 amide bonds. The van der Waals surface area contributed by atoms with E-state index in [0.29, 0.717) is 6.42 Å². The molecule has 0 radical (unpaired) electrons. The van der Waals surface area contributed by atoms with E-state index in [9.17, 15) is 19.7 Å². The molecule has 0 fully saturated rings. The standard InChI is InChI=1S/C19H28N2O6/c1-6-7-8-16(13(2)20-18(23)27-19(3,4)5)26-17(22)14-9-11-15(12-10-14)21(24)25/h9-13,16H,6-8H2,1-5H3,(H,20,23)/t13-,16?/m0/s1. The van der Waals surface area contributed by atoms with Crippen molar-refractivity contribution in [3.63, 3.8) is 0 Å². The Kier molecular flexibility index (Phi) is 8.21. The van der Waals surface area contributed by atoms with Crippen LogP contribution in [0.15, 0.2) is 24.3 Å². The molecular formula is C19H28N2O6. The predicted octanol–water partition coefficient (Wildman–Crippen LogP) is 4.22. The van der Waals surface area contributed by atoms with E-state index < -0.39 is 34.7 Å². The fourth-order valence-corrected chi connectivity index (χ4v) is 2.33. The van der Waals surface area contributed by atoms with E-state index in [1.54, 1.807) is 27.7 Å². The Morgan fingerprint density at radius 1 is 1.22 bits per heavy atom. The van der Waals surface area contributed by atoms with Crippen LogP contribution in [0.25, 0.3) is 0 Å². The summed E-state index contributed by atoms with van der Waals surface area (Å²) in [6.45, 7) is 9.05. The molecule has 1 aromatic rings. The highest BCUT2D eigenvalue weighted by molar-refractivity contribution is 5.89. The van der Waals surface area contributed by atoms with Gasteiger partial charge in [-0.3, -0.25) is 10.1 Å². The summed E-state index contributed by atoms with van der Waals surface area (Å²) < 4.78 is 10.8. The molecule has 0 spiro atoms. The van der Waals surface area contributed by atoms with Crippen LogP contribution in [0.5, 0.6) is 0 Å². The second-order valence-electron chi connectivity index (χ2n) is 7.32. The van der Waals surface area contributed by atoms with Crippen molar-refractivity contribution in [3.05, 3.63) is 39.9 Å². The zero-order valence-corrected chi connectivity index (χ0v) is 16.5. The van der Waals surface area contributed by atoms with Gasteiger partial charge in [-0.25, -0.2) is 9.59 Å². The number of hydrogen-bond donors (Lipinski definition) is 1. The highest BCUT2D eigenvalue weighted by Crippen LogP contribution is 2.16. The number of carbonyl (C=O) groups is 2. The molecule has 0 saturated carbocycles. The Morgan fingerprint density at radius 2 is 1.81 bits per heavy atom. The highest BCUT2D eigenvalue weighted by Gasteiger charge is 2.26. The highest BCUT2D eigenvalue weighted by atomic mass is 16.6. The minimum atomic E-state index is -0.627. The van der Waals surface area contributed by atoms with Gasteiger partial charge in [-0.1, -0.05) is 13.3 Å². The molecule has 0 aliphatic carbocycles. The number of nitro benzene ring substituents is 1. The number of alkyl carbamates (subject to hydrolysis) is 1. The molecule has 0 aliphatic rings. The van der Waals surface area contributed by atoms with Crippen LogP contribution in [-0.4, -0.2) is 34.7 Å². The molecule has 1 N–H and O–H groups in total. The summed E-state index contributed by atoms with van der Waals surface area (Å²) in [5, 5.41) is 13.4. The van der Waals surface area contributed by atoms with E-state index in [4.69, 9.17) is 9.47 Å². The fourth-order valence-electron chi connectivity index (χ4n) is 2.33. The number of benzene rings is 1. The number of esters is 1. The van der Waals surface area contributed by atoms with Crippen molar-refractivity contribution in [3.8, 4) is 0 Å². The van der Waals surface area contributed by atoms with Crippen molar-refractivity contribution in [1.29, 1.82) is 0 Å². The number of rotatable bonds is 8. The first kappa shape index (κ1) is 22.4. The second-order valence-corrected chi connectivity index (χ2v) is 7.32. The number of non-ortho nitro benzene ring substituents is 1. The lowest BCUT2D eigenvalue weighted by Gasteiger charge is -2.27. The molecule has 27 heavy (non-hydrogen) atoms. The predicted molar refractivity (Wildman–Crippen MR) is 101 cm³/mol. The van der Waals surface area contributed by atoms with Crippen LogP contribution >= 0.6 is 0 Å². The summed E-state index contributed by atoms with van der Waals surface area (Å²) in [7, 11) is 0. The number of nitrogens with zero attached hydrogens (tertiary/aromatic N) is 1. The molecule has 1 unspecified atom stereocenters. The van der Waals surface area contributed by atoms with Crippen LogP contribution in [0, 0.1) is 10.1 Å². The van der Waals surface area contributed by atoms with Crippen LogP contribution in [-0.2, 0) is 9.47 Å². The van der Waals surface area contributed by atoms with Crippen molar-refractivity contribution in [1.82, 2.24) is 5.32 Å². The van der Waals surface area contributed by atoms with Gasteiger partial charge in [0, 0.05) is 12.1 Å². The van der Waals surface area contributed by atoms with E-state index in [0.717, 1.165) is 12.8 Å². The van der Waals surface area contributed by atoms with E-state index in [2.05, 4.69) is 5.32 Å². The number of ether oxygens (including phenoxy) is 2. The van der Waals surface area contributed by atoms with Crippen LogP contribution < -0.4 is 5.32 Å². The third kappa shape index (κ3) is 8.06. The van der Waals surface area contributed by atoms with Crippen molar-refractivity contribution in [2.24, 2.45) is 0 Å². The maximum Gasteiger partial charge on any atom is 0.407 e. The van der Waals surface area contributed by atoms with Gasteiger partial charge >= 0.3 is 12.1 Å². The Bertz CT molecular complexity index is 651. The molecule has 0 saturated heterocycles. The summed E-state index contributed by atoms with van der Waals surface area (Å²) in [6, 6.07) is 4.75. The quantitative estimate of drug-likeness (QED) is 0.411. The lowest BCUT2D eigenvalue weighted by molar-refractivity contribution is -0.384. The molecule has 1 rings (SSSR count). The van der Waals surface area contributed by atoms with Crippen LogP contribution in [0.1, 0.15) is 64.2 Å². The molecule has 8 nitrogen and oxygen atoms in total. The van der Waals surface area contributed by atoms with Crippen molar-refractivity contribution in [2.75, 3.05) is 0 Å². The lowest BCUT2D eigenvalue weighted by atomic mass is 10.1. The third-order valence-corrected chi connectivity index (χ3v) is 3.72. The number of unbranched alkanes of at least 4 members (excludes halogenated alkanes) is 1. The molecule has 8 heteroatoms. The van der Waals surface area contributed by atoms with Crippen LogP contribution in [0.3, 0.4) is 0 Å². The molecule has 1 aromatic carbocycles. The summed E-state index contributed by atoms with van der Waals surface area (Å²) in [4.78, 5) is 34.5. The minimum Gasteiger partial charge on any atom is -0.457 e. The average molecular weight is 380 g/mol. The fraction of sp³-hybridized carbons (Fsp3) is 0.579. The summed E-state index contributed by atoms with van der Waals surface area (Å²) in [5.74, 6) is -0.594. The minimum absolute atomic E-state index is 0.103. The monoisotopic (exact) mass is 380 g/mol. The van der Waals surface area contributed by atoms with Gasteiger partial charge in [-0.05, 0) is 52.7 Å². The van der Waals surface area contributed by atoms with E-state index in [1.807, 2.05) is 6.92 Å². The Hall–Kier alpha value is -2.64. The third-order valence-electron chi connectivity index (χ3n) is 3.72. The van der Waals surface area contributed by atoms with Gasteiger partial charge in [-0.15, -0.1) is 0 Å². The zero-order chi connectivity index (χ0) is 20.6. The molecular weight excluding hydrogens is 352 g/mol. The Morgan fingerprint density at radius 3 is 2.30 bits per heavy atom. The van der Waals surface area contributed by atoms with Crippen molar-refractivity contribution >= 4 is 17.7 Å². The Labute approximate surface area is 159 Å². The first-order valence-corrected chi connectivity index (χ1v) is 8.98. The topological polar surface area (TPSA) is 108 Å². The van der Waals surface area contributed by atoms with Gasteiger partial charge in [0.1, 0.15) is 11.7 Å². The van der Waals surface area contributed by atoms with Crippen molar-refractivity contribution in [2.45, 2.75) is 71.6 Å². The number of nitro groups is 1. The van der Waals surface area contributed by atoms with Gasteiger partial charge in [0.05, 0.1) is 16.5 Å². The van der Waals surface area contributed by atoms with E-state index in [1.165, 1.54) is 24.3 Å². The number of carbonyl (C=O) groups excluding carboxylic acids is 2. The SMILES string of the molecule is CCCCC(OC(=O)c1ccc([N+](=O)[O-])cc1)[C@H](C)NC(=O)OC(C)(C)C. The first-order chi connectivity index (χ1) is 12.5. The molecule has 0 aliphatic heterocycles. The van der Waals surface area contributed by atoms with Gasteiger partial charge in [0.2, 0.25) is 0 Å². The first-order valence-electron chi connectivity index (χ1n) is 8.98. The molecule has 0 bridgehead atoms. The molecule has 0 heterocycles. The lowest BCUT2D eigenvalue weighted by Crippen LogP contribution is -2.45. The maximum absolute atomic E-state index is 12.4. The smallest absolute Gasteiger partial charge is 0.407 e. The number of amides is 1. The van der Waals surface area contributed by atoms with Gasteiger partial charge in [-0.2, -0.15) is 0 Å². The largest absolute Gasteiger partial charge is 0.457 e. The summed E-state index contributed by atoms with van der Waals surface area (Å²) in [6.07, 6.45) is 1.18. The summed E-state index contributed by atoms with van der Waals surface area (Å²) >= 11 is 0. The molecule has 150 valence electrons. The maximum atomic E-state index is 12.4. The second kappa shape index (κ2) is 9.89. The van der Waals surface area contributed by atoms with Crippen molar-refractivity contribution < 1.29 is 24.0 Å². The molecule has 0 aromatic heterocycles. The van der Waals surface area contributed by atoms with Crippen LogP contribution in [0.2, 0.25) is 0 Å². The average Bonchev–Trinajstić information content (AvgIpc) is 2.56. The zero-order valence-electron chi connectivity index (χ0n) is 16.5. The normalized spacial score (nSPS) is 13.4. The number of nitrogens with one attached hydrogen (secondary N) is 1. The molecule has 2 atom stereocenters. The van der Waals surface area contributed by atoms with Gasteiger partial charge < -0.3 is 14.8 Å². The Balaban J connectivity index is 2.78. The van der Waals surface area contributed by atoms with E-state index >= 15 is 0 Å².